The van der Waals surface area contributed by atoms with Crippen LogP contribution in [0.5, 0.6) is 0 Å². The van der Waals surface area contributed by atoms with Gasteiger partial charge in [-0.25, -0.2) is 4.79 Å². The third-order valence-electron chi connectivity index (χ3n) is 13.8. The molecule has 1 aromatic carbocycles. The minimum atomic E-state index is -1.77. The van der Waals surface area contributed by atoms with Gasteiger partial charge in [-0.15, -0.1) is 0 Å². The van der Waals surface area contributed by atoms with Crippen molar-refractivity contribution in [2.45, 2.75) is 281 Å². The fourth-order valence-electron chi connectivity index (χ4n) is 9.40. The Labute approximate surface area is 447 Å². The van der Waals surface area contributed by atoms with E-state index in [1.807, 2.05) is 18.2 Å². The molecule has 428 valence electrons. The van der Waals surface area contributed by atoms with E-state index in [9.17, 15) is 54.0 Å². The number of carboxylic acid groups (broad SMARTS) is 3. The molecule has 0 aromatic heterocycles. The van der Waals surface area contributed by atoms with Gasteiger partial charge >= 0.3 is 29.8 Å². The molecule has 0 spiro atoms. The predicted molar refractivity (Wildman–Crippen MR) is 286 cm³/mol. The Morgan fingerprint density at radius 3 is 1.53 bits per heavy atom. The zero-order valence-corrected chi connectivity index (χ0v) is 45.7. The maximum absolute atomic E-state index is 13.6. The number of benzene rings is 1. The van der Waals surface area contributed by atoms with Gasteiger partial charge in [-0.1, -0.05) is 192 Å². The standard InChI is InChI=1S/C58H96N2O15/c1-3-5-7-9-11-13-15-17-19-23-31-37-49(62)60-54-56(75-53(69)38-32-25-20-18-16-14-12-10-8-6-4-2)55(70)47(74-58(54)73-45(41-51(65)66)42-52(67)68)43-72-57(71)46(39-40-50(63)64)59-48(61)36-30-24-21-22-27-33-44-34-28-26-29-35-44/h26,28-29,34-35,45-47,54-56,58,70H,3-25,27,30-33,36-43H2,1-2H3,(H,59,61)(H,60,62)(H,63,64)(H,65,66)(H,67,68)/t46?,47-,54-,55-,56-,58+/m1/s1. The molecule has 1 aliphatic heterocycles. The van der Waals surface area contributed by atoms with E-state index < -0.39 is 110 Å². The molecule has 1 fully saturated rings. The minimum absolute atomic E-state index is 0.0223. The second-order valence-electron chi connectivity index (χ2n) is 20.5. The number of amides is 2. The molecule has 75 heavy (non-hydrogen) atoms. The molecule has 2 rings (SSSR count). The molecular formula is C58H96N2O15. The van der Waals surface area contributed by atoms with Gasteiger partial charge in [0.1, 0.15) is 30.9 Å². The Balaban J connectivity index is 2.22. The highest BCUT2D eigenvalue weighted by Crippen LogP contribution is 2.29. The number of aryl methyl sites for hydroxylation is 1. The van der Waals surface area contributed by atoms with E-state index in [-0.39, 0.29) is 25.7 Å². The number of aliphatic carboxylic acids is 3. The highest BCUT2D eigenvalue weighted by molar-refractivity contribution is 5.85. The molecule has 1 unspecified atom stereocenters. The molecule has 17 nitrogen and oxygen atoms in total. The normalized spacial score (nSPS) is 17.8. The van der Waals surface area contributed by atoms with Crippen molar-refractivity contribution in [1.82, 2.24) is 10.6 Å². The van der Waals surface area contributed by atoms with E-state index in [1.54, 1.807) is 0 Å². The number of carboxylic acids is 3. The van der Waals surface area contributed by atoms with Crippen molar-refractivity contribution in [3.8, 4) is 0 Å². The second kappa shape index (κ2) is 42.5. The van der Waals surface area contributed by atoms with Crippen LogP contribution in [0.1, 0.15) is 238 Å². The second-order valence-corrected chi connectivity index (χ2v) is 20.5. The highest BCUT2D eigenvalue weighted by atomic mass is 16.7. The fourth-order valence-corrected chi connectivity index (χ4v) is 9.40. The van der Waals surface area contributed by atoms with Crippen molar-refractivity contribution in [3.63, 3.8) is 0 Å². The summed E-state index contributed by atoms with van der Waals surface area (Å²) in [7, 11) is 0. The third-order valence-corrected chi connectivity index (χ3v) is 13.8. The first-order valence-electron chi connectivity index (χ1n) is 28.9. The Kier molecular flexibility index (Phi) is 37.7. The number of aliphatic hydroxyl groups excluding tert-OH is 1. The van der Waals surface area contributed by atoms with E-state index in [1.165, 1.54) is 76.2 Å². The van der Waals surface area contributed by atoms with E-state index in [0.29, 0.717) is 19.3 Å². The van der Waals surface area contributed by atoms with Crippen LogP contribution in [0, 0.1) is 0 Å². The summed E-state index contributed by atoms with van der Waals surface area (Å²) in [5.41, 5.74) is 1.26. The number of hydrogen-bond donors (Lipinski definition) is 6. The molecule has 1 aromatic rings. The molecule has 6 atom stereocenters. The van der Waals surface area contributed by atoms with Gasteiger partial charge in [0.25, 0.3) is 0 Å². The first-order valence-corrected chi connectivity index (χ1v) is 28.9. The largest absolute Gasteiger partial charge is 0.481 e. The lowest BCUT2D eigenvalue weighted by Crippen LogP contribution is -2.66. The SMILES string of the molecule is CCCCCCCCCCCCCC(=O)N[C@H]1[C@@H](OC(CC(=O)O)CC(=O)O)O[C@H](COC(=O)C(CCC(=O)O)NC(=O)CCCCCCCc2ccccc2)[C@@H](O)[C@@H]1OC(=O)CCCCCCCCCCCCC. The van der Waals surface area contributed by atoms with Gasteiger partial charge < -0.3 is 50.0 Å². The summed E-state index contributed by atoms with van der Waals surface area (Å²) < 4.78 is 23.6. The molecule has 0 saturated carbocycles. The number of carbonyl (C=O) groups is 7. The van der Waals surface area contributed by atoms with Crippen LogP contribution in [0.2, 0.25) is 0 Å². The van der Waals surface area contributed by atoms with Crippen LogP contribution in [-0.4, -0.2) is 111 Å². The first kappa shape index (κ1) is 66.5. The summed E-state index contributed by atoms with van der Waals surface area (Å²) in [4.78, 5) is 89.3. The van der Waals surface area contributed by atoms with Crippen molar-refractivity contribution >= 4 is 41.7 Å². The number of carbonyl (C=O) groups excluding carboxylic acids is 4. The molecule has 1 aliphatic rings. The Hall–Kier alpha value is -4.61. The molecule has 0 aliphatic carbocycles. The topological polar surface area (TPSA) is 261 Å². The average Bonchev–Trinajstić information content (AvgIpc) is 3.37. The van der Waals surface area contributed by atoms with Crippen molar-refractivity contribution in [2.75, 3.05) is 6.61 Å². The lowest BCUT2D eigenvalue weighted by atomic mass is 9.95. The number of unbranched alkanes of at least 4 members (excludes halogenated alkanes) is 24. The van der Waals surface area contributed by atoms with Crippen LogP contribution >= 0.6 is 0 Å². The Morgan fingerprint density at radius 1 is 0.573 bits per heavy atom. The summed E-state index contributed by atoms with van der Waals surface area (Å²) in [6, 6.07) is 7.32. The molecule has 0 bridgehead atoms. The smallest absolute Gasteiger partial charge is 0.328 e. The van der Waals surface area contributed by atoms with Gasteiger partial charge in [0.05, 0.1) is 18.9 Å². The van der Waals surface area contributed by atoms with Gasteiger partial charge in [0, 0.05) is 25.7 Å². The Morgan fingerprint density at radius 2 is 1.04 bits per heavy atom. The molecule has 0 radical (unpaired) electrons. The highest BCUT2D eigenvalue weighted by Gasteiger charge is 2.50. The van der Waals surface area contributed by atoms with E-state index in [2.05, 4.69) is 36.6 Å². The summed E-state index contributed by atoms with van der Waals surface area (Å²) >= 11 is 0. The molecule has 2 amide bonds. The quantitative estimate of drug-likeness (QED) is 0.0262. The van der Waals surface area contributed by atoms with Gasteiger partial charge in [0.2, 0.25) is 11.8 Å². The maximum atomic E-state index is 13.6. The molecule has 1 heterocycles. The number of hydrogen-bond acceptors (Lipinski definition) is 12. The van der Waals surface area contributed by atoms with Crippen LogP contribution in [-0.2, 0) is 58.9 Å². The lowest BCUT2D eigenvalue weighted by Gasteiger charge is -2.44. The lowest BCUT2D eigenvalue weighted by molar-refractivity contribution is -0.286. The van der Waals surface area contributed by atoms with Gasteiger partial charge in [-0.05, 0) is 44.1 Å². The zero-order chi connectivity index (χ0) is 54.9. The number of rotatable bonds is 47. The monoisotopic (exact) mass is 1060 g/mol. The van der Waals surface area contributed by atoms with Crippen LogP contribution in [0.15, 0.2) is 30.3 Å². The molecule has 6 N–H and O–H groups in total. The van der Waals surface area contributed by atoms with Crippen molar-refractivity contribution in [3.05, 3.63) is 35.9 Å². The fraction of sp³-hybridized carbons (Fsp3) is 0.776. The number of nitrogens with one attached hydrogen (secondary N) is 2. The van der Waals surface area contributed by atoms with E-state index in [4.69, 9.17) is 18.9 Å². The molecule has 1 saturated heterocycles. The molecule has 17 heteroatoms. The summed E-state index contributed by atoms with van der Waals surface area (Å²) in [5, 5.41) is 46.1. The van der Waals surface area contributed by atoms with Crippen LogP contribution in [0.4, 0.5) is 0 Å². The molecular weight excluding hydrogens is 965 g/mol. The maximum Gasteiger partial charge on any atom is 0.328 e. The van der Waals surface area contributed by atoms with Gasteiger partial charge in [0.15, 0.2) is 12.4 Å². The number of esters is 2. The summed E-state index contributed by atoms with van der Waals surface area (Å²) in [6.07, 6.45) is 18.1. The van der Waals surface area contributed by atoms with Crippen LogP contribution < -0.4 is 10.6 Å². The first-order chi connectivity index (χ1) is 36.2. The van der Waals surface area contributed by atoms with E-state index in [0.717, 1.165) is 89.9 Å². The van der Waals surface area contributed by atoms with Crippen LogP contribution in [0.3, 0.4) is 0 Å². The average molecular weight is 1060 g/mol. The number of ether oxygens (including phenoxy) is 4. The minimum Gasteiger partial charge on any atom is -0.481 e. The number of aliphatic hydroxyl groups is 1. The van der Waals surface area contributed by atoms with Crippen LogP contribution in [0.25, 0.3) is 0 Å². The summed E-state index contributed by atoms with van der Waals surface area (Å²) in [6.45, 7) is 3.65. The predicted octanol–water partition coefficient (Wildman–Crippen LogP) is 10.7. The van der Waals surface area contributed by atoms with Gasteiger partial charge in [-0.2, -0.15) is 0 Å². The summed E-state index contributed by atoms with van der Waals surface area (Å²) in [5.74, 6) is -6.69. The van der Waals surface area contributed by atoms with Crippen molar-refractivity contribution < 1.29 is 72.9 Å². The zero-order valence-electron chi connectivity index (χ0n) is 45.7. The van der Waals surface area contributed by atoms with E-state index >= 15 is 0 Å². The third kappa shape index (κ3) is 33.2. The van der Waals surface area contributed by atoms with Crippen molar-refractivity contribution in [2.24, 2.45) is 0 Å². The Bertz CT molecular complexity index is 1710. The van der Waals surface area contributed by atoms with Crippen molar-refractivity contribution in [1.29, 1.82) is 0 Å². The van der Waals surface area contributed by atoms with Gasteiger partial charge in [-0.3, -0.25) is 28.8 Å².